The first kappa shape index (κ1) is 8.48. The van der Waals surface area contributed by atoms with Crippen LogP contribution in [0.5, 0.6) is 0 Å². The highest BCUT2D eigenvalue weighted by atomic mass is 16.7. The van der Waals surface area contributed by atoms with Gasteiger partial charge in [0.15, 0.2) is 5.79 Å². The van der Waals surface area contributed by atoms with E-state index in [1.165, 1.54) is 0 Å². The molecule has 1 saturated carbocycles. The van der Waals surface area contributed by atoms with E-state index in [4.69, 9.17) is 9.47 Å². The highest BCUT2D eigenvalue weighted by molar-refractivity contribution is 4.93. The van der Waals surface area contributed by atoms with Crippen LogP contribution in [0.25, 0.3) is 0 Å². The van der Waals surface area contributed by atoms with E-state index >= 15 is 0 Å². The molecule has 2 fully saturated rings. The lowest BCUT2D eigenvalue weighted by molar-refractivity contribution is -0.261. The zero-order valence-corrected chi connectivity index (χ0v) is 7.45. The number of aliphatic hydroxyl groups is 1. The van der Waals surface area contributed by atoms with E-state index < -0.39 is 5.79 Å². The van der Waals surface area contributed by atoms with Crippen LogP contribution in [0.3, 0.4) is 0 Å². The van der Waals surface area contributed by atoms with Crippen molar-refractivity contribution >= 4 is 0 Å². The van der Waals surface area contributed by atoms with Gasteiger partial charge in [-0.2, -0.15) is 0 Å². The third kappa shape index (κ3) is 1.16. The van der Waals surface area contributed by atoms with Gasteiger partial charge in [0.25, 0.3) is 0 Å². The summed E-state index contributed by atoms with van der Waals surface area (Å²) in [6.45, 7) is 0.775. The third-order valence-corrected chi connectivity index (χ3v) is 3.09. The molecule has 0 radical (unpaired) electrons. The smallest absolute Gasteiger partial charge is 0.173 e. The van der Waals surface area contributed by atoms with Crippen LogP contribution >= 0.6 is 0 Å². The summed E-state index contributed by atoms with van der Waals surface area (Å²) in [6.07, 6.45) is 3.49. The summed E-state index contributed by atoms with van der Waals surface area (Å²) in [6, 6.07) is 0. The molecule has 0 aromatic heterocycles. The molecular formula is C9H16O3. The van der Waals surface area contributed by atoms with Gasteiger partial charge in [-0.25, -0.2) is 0 Å². The van der Waals surface area contributed by atoms with E-state index in [2.05, 4.69) is 0 Å². The molecule has 0 spiro atoms. The zero-order valence-electron chi connectivity index (χ0n) is 7.45. The van der Waals surface area contributed by atoms with Crippen LogP contribution in [0.1, 0.15) is 25.7 Å². The van der Waals surface area contributed by atoms with Crippen LogP contribution in [0.4, 0.5) is 0 Å². The van der Waals surface area contributed by atoms with Gasteiger partial charge < -0.3 is 14.6 Å². The molecular weight excluding hydrogens is 156 g/mol. The first-order valence-corrected chi connectivity index (χ1v) is 4.64. The van der Waals surface area contributed by atoms with Crippen LogP contribution in [0.15, 0.2) is 0 Å². The van der Waals surface area contributed by atoms with Gasteiger partial charge in [-0.1, -0.05) is 0 Å². The van der Waals surface area contributed by atoms with Crippen LogP contribution in [-0.4, -0.2) is 30.7 Å². The largest absolute Gasteiger partial charge is 0.393 e. The van der Waals surface area contributed by atoms with Crippen LogP contribution in [0.2, 0.25) is 0 Å². The number of fused-ring (bicyclic) bond motifs is 1. The summed E-state index contributed by atoms with van der Waals surface area (Å²) < 4.78 is 11.0. The fourth-order valence-corrected chi connectivity index (χ4v) is 2.48. The van der Waals surface area contributed by atoms with Gasteiger partial charge in [0, 0.05) is 19.4 Å². The molecule has 2 rings (SSSR count). The Bertz CT molecular complexity index is 171. The molecule has 0 amide bonds. The number of aliphatic hydroxyl groups excluding tert-OH is 1. The van der Waals surface area contributed by atoms with Gasteiger partial charge in [0.2, 0.25) is 0 Å². The summed E-state index contributed by atoms with van der Waals surface area (Å²) in [5, 5.41) is 9.50. The van der Waals surface area contributed by atoms with Crippen molar-refractivity contribution in [1.82, 2.24) is 0 Å². The number of hydrogen-bond donors (Lipinski definition) is 1. The standard InChI is InChI=1S/C9H16O3/c1-11-9-6-8(10)5-7(9)3-2-4-12-9/h7-8,10H,2-6H2,1H3. The third-order valence-electron chi connectivity index (χ3n) is 3.09. The fraction of sp³-hybridized carbons (Fsp3) is 1.00. The van der Waals surface area contributed by atoms with Gasteiger partial charge >= 0.3 is 0 Å². The normalized spacial score (nSPS) is 47.5. The molecule has 2 aliphatic rings. The molecule has 12 heavy (non-hydrogen) atoms. The van der Waals surface area contributed by atoms with Crippen molar-refractivity contribution in [3.8, 4) is 0 Å². The average Bonchev–Trinajstić information content (AvgIpc) is 2.41. The summed E-state index contributed by atoms with van der Waals surface area (Å²) in [4.78, 5) is 0. The quantitative estimate of drug-likeness (QED) is 0.639. The lowest BCUT2D eigenvalue weighted by Crippen LogP contribution is -2.42. The first-order chi connectivity index (χ1) is 5.77. The monoisotopic (exact) mass is 172 g/mol. The van der Waals surface area contributed by atoms with E-state index in [9.17, 15) is 5.11 Å². The minimum Gasteiger partial charge on any atom is -0.393 e. The maximum atomic E-state index is 9.50. The van der Waals surface area contributed by atoms with Crippen molar-refractivity contribution in [2.24, 2.45) is 5.92 Å². The summed E-state index contributed by atoms with van der Waals surface area (Å²) >= 11 is 0. The van der Waals surface area contributed by atoms with Crippen molar-refractivity contribution in [2.45, 2.75) is 37.6 Å². The molecule has 0 aromatic carbocycles. The second-order valence-corrected chi connectivity index (χ2v) is 3.80. The summed E-state index contributed by atoms with van der Waals surface area (Å²) in [7, 11) is 1.68. The highest BCUT2D eigenvalue weighted by Gasteiger charge is 2.49. The SMILES string of the molecule is COC12CC(O)CC1CCCO2. The molecule has 3 atom stereocenters. The Morgan fingerprint density at radius 1 is 1.58 bits per heavy atom. The van der Waals surface area contributed by atoms with Gasteiger partial charge in [-0.3, -0.25) is 0 Å². The molecule has 3 unspecified atom stereocenters. The Labute approximate surface area is 72.7 Å². The Balaban J connectivity index is 2.14. The average molecular weight is 172 g/mol. The Morgan fingerprint density at radius 3 is 3.08 bits per heavy atom. The molecule has 0 aromatic rings. The Kier molecular flexibility index (Phi) is 2.10. The summed E-state index contributed by atoms with van der Waals surface area (Å²) in [5.41, 5.74) is 0. The van der Waals surface area contributed by atoms with Crippen molar-refractivity contribution < 1.29 is 14.6 Å². The number of rotatable bonds is 1. The fourth-order valence-electron chi connectivity index (χ4n) is 2.48. The molecule has 1 aliphatic heterocycles. The number of hydrogen-bond acceptors (Lipinski definition) is 3. The Hall–Kier alpha value is -0.120. The number of methoxy groups -OCH3 is 1. The Morgan fingerprint density at radius 2 is 2.42 bits per heavy atom. The van der Waals surface area contributed by atoms with Crippen molar-refractivity contribution in [3.05, 3.63) is 0 Å². The van der Waals surface area contributed by atoms with Gasteiger partial charge in [-0.05, 0) is 19.3 Å². The molecule has 3 heteroatoms. The molecule has 1 saturated heterocycles. The molecule has 1 heterocycles. The highest BCUT2D eigenvalue weighted by Crippen LogP contribution is 2.44. The molecule has 70 valence electrons. The van der Waals surface area contributed by atoms with E-state index in [-0.39, 0.29) is 6.10 Å². The van der Waals surface area contributed by atoms with E-state index in [1.807, 2.05) is 0 Å². The van der Waals surface area contributed by atoms with Crippen molar-refractivity contribution in [1.29, 1.82) is 0 Å². The van der Waals surface area contributed by atoms with Gasteiger partial charge in [0.1, 0.15) is 0 Å². The van der Waals surface area contributed by atoms with Crippen LogP contribution in [0, 0.1) is 5.92 Å². The zero-order chi connectivity index (χ0) is 8.60. The molecule has 3 nitrogen and oxygen atoms in total. The minimum atomic E-state index is -0.447. The lowest BCUT2D eigenvalue weighted by atomic mass is 9.94. The molecule has 1 aliphatic carbocycles. The van der Waals surface area contributed by atoms with Gasteiger partial charge in [-0.15, -0.1) is 0 Å². The van der Waals surface area contributed by atoms with E-state index in [1.54, 1.807) is 7.11 Å². The number of ether oxygens (including phenoxy) is 2. The lowest BCUT2D eigenvalue weighted by Gasteiger charge is -2.37. The van der Waals surface area contributed by atoms with E-state index in [0.717, 1.165) is 25.9 Å². The second kappa shape index (κ2) is 2.98. The summed E-state index contributed by atoms with van der Waals surface area (Å²) in [5.74, 6) is -0.0382. The molecule has 1 N–H and O–H groups in total. The molecule has 0 bridgehead atoms. The van der Waals surface area contributed by atoms with Crippen molar-refractivity contribution in [2.75, 3.05) is 13.7 Å². The predicted molar refractivity (Wildman–Crippen MR) is 43.7 cm³/mol. The maximum absolute atomic E-state index is 9.50. The second-order valence-electron chi connectivity index (χ2n) is 3.80. The minimum absolute atomic E-state index is 0.229. The van der Waals surface area contributed by atoms with E-state index in [0.29, 0.717) is 12.3 Å². The topological polar surface area (TPSA) is 38.7 Å². The van der Waals surface area contributed by atoms with Crippen LogP contribution in [-0.2, 0) is 9.47 Å². The maximum Gasteiger partial charge on any atom is 0.173 e. The first-order valence-electron chi connectivity index (χ1n) is 4.64. The predicted octanol–water partition coefficient (Wildman–Crippen LogP) is 0.910. The van der Waals surface area contributed by atoms with Gasteiger partial charge in [0.05, 0.1) is 12.7 Å². The van der Waals surface area contributed by atoms with Crippen LogP contribution < -0.4 is 0 Å². The van der Waals surface area contributed by atoms with Crippen molar-refractivity contribution in [3.63, 3.8) is 0 Å².